The van der Waals surface area contributed by atoms with E-state index < -0.39 is 0 Å². The van der Waals surface area contributed by atoms with E-state index in [2.05, 4.69) is 45.6 Å². The van der Waals surface area contributed by atoms with Gasteiger partial charge in [0.1, 0.15) is 5.75 Å². The van der Waals surface area contributed by atoms with Gasteiger partial charge in [0.2, 0.25) is 0 Å². The second-order valence-corrected chi connectivity index (χ2v) is 6.19. The van der Waals surface area contributed by atoms with Gasteiger partial charge in [-0.1, -0.05) is 18.2 Å². The molecule has 3 rings (SSSR count). The van der Waals surface area contributed by atoms with Gasteiger partial charge in [0.05, 0.1) is 25.2 Å². The Balaban J connectivity index is 1.78. The lowest BCUT2D eigenvalue weighted by molar-refractivity contribution is 0.155. The first-order chi connectivity index (χ1) is 10.7. The van der Waals surface area contributed by atoms with Crippen LogP contribution in [0.3, 0.4) is 0 Å². The summed E-state index contributed by atoms with van der Waals surface area (Å²) in [7, 11) is 5.98. The van der Waals surface area contributed by atoms with Gasteiger partial charge in [0.15, 0.2) is 0 Å². The summed E-state index contributed by atoms with van der Waals surface area (Å²) in [4.78, 5) is 9.04. The number of imidazole rings is 1. The number of ether oxygens (including phenoxy) is 1. The molecular formula is C17H24N4O. The number of rotatable bonds is 5. The zero-order valence-corrected chi connectivity index (χ0v) is 13.6. The number of fused-ring (bicyclic) bond motifs is 1. The van der Waals surface area contributed by atoms with Gasteiger partial charge < -0.3 is 14.2 Å². The Morgan fingerprint density at radius 1 is 1.32 bits per heavy atom. The molecule has 0 fully saturated rings. The maximum atomic E-state index is 5.48. The summed E-state index contributed by atoms with van der Waals surface area (Å²) in [6.07, 6.45) is 3.95. The van der Waals surface area contributed by atoms with Gasteiger partial charge in [-0.15, -0.1) is 0 Å². The van der Waals surface area contributed by atoms with Crippen molar-refractivity contribution in [2.75, 3.05) is 34.3 Å². The topological polar surface area (TPSA) is 33.5 Å². The lowest BCUT2D eigenvalue weighted by Gasteiger charge is -2.36. The highest BCUT2D eigenvalue weighted by Crippen LogP contribution is 2.25. The van der Waals surface area contributed by atoms with Crippen molar-refractivity contribution in [3.63, 3.8) is 0 Å². The number of likely N-dealkylation sites (N-methyl/N-ethyl adjacent to an activating group) is 1. The molecule has 1 aromatic heterocycles. The van der Waals surface area contributed by atoms with E-state index in [-0.39, 0.29) is 0 Å². The molecule has 0 unspecified atom stereocenters. The highest BCUT2D eigenvalue weighted by atomic mass is 16.5. The molecule has 0 amide bonds. The third-order valence-electron chi connectivity index (χ3n) is 4.16. The molecule has 0 radical (unpaired) electrons. The molecule has 1 aliphatic heterocycles. The molecule has 1 aliphatic rings. The van der Waals surface area contributed by atoms with Crippen LogP contribution in [0.15, 0.2) is 36.8 Å². The van der Waals surface area contributed by atoms with Crippen molar-refractivity contribution < 1.29 is 4.74 Å². The lowest BCUT2D eigenvalue weighted by atomic mass is 10.1. The number of methoxy groups -OCH3 is 1. The lowest BCUT2D eigenvalue weighted by Crippen LogP contribution is -2.40. The summed E-state index contributed by atoms with van der Waals surface area (Å²) >= 11 is 0. The van der Waals surface area contributed by atoms with E-state index >= 15 is 0 Å². The van der Waals surface area contributed by atoms with E-state index in [4.69, 9.17) is 4.74 Å². The summed E-state index contributed by atoms with van der Waals surface area (Å²) in [5.41, 5.74) is 2.52. The highest BCUT2D eigenvalue weighted by Gasteiger charge is 2.25. The van der Waals surface area contributed by atoms with E-state index in [1.807, 2.05) is 24.7 Å². The van der Waals surface area contributed by atoms with Gasteiger partial charge >= 0.3 is 0 Å². The minimum Gasteiger partial charge on any atom is -0.496 e. The Kier molecular flexibility index (Phi) is 4.45. The van der Waals surface area contributed by atoms with Gasteiger partial charge in [0, 0.05) is 37.9 Å². The fourth-order valence-electron chi connectivity index (χ4n) is 3.23. The molecule has 0 N–H and O–H groups in total. The van der Waals surface area contributed by atoms with Crippen LogP contribution in [0, 0.1) is 0 Å². The molecule has 1 aromatic carbocycles. The molecule has 1 atom stereocenters. The quantitative estimate of drug-likeness (QED) is 0.846. The van der Waals surface area contributed by atoms with Crippen LogP contribution in [0.25, 0.3) is 0 Å². The maximum Gasteiger partial charge on any atom is 0.123 e. The molecule has 5 heteroatoms. The minimum absolute atomic E-state index is 0.441. The van der Waals surface area contributed by atoms with Crippen LogP contribution in [-0.4, -0.2) is 53.6 Å². The SMILES string of the molecule is COc1ccccc1CN1Cc2cncn2[C@@H](CN(C)C)C1. The molecular weight excluding hydrogens is 276 g/mol. The minimum atomic E-state index is 0.441. The van der Waals surface area contributed by atoms with Gasteiger partial charge in [0.25, 0.3) is 0 Å². The number of benzene rings is 1. The first kappa shape index (κ1) is 15.1. The second-order valence-electron chi connectivity index (χ2n) is 6.19. The first-order valence-electron chi connectivity index (χ1n) is 7.67. The summed E-state index contributed by atoms with van der Waals surface area (Å²) in [5.74, 6) is 0.964. The van der Waals surface area contributed by atoms with Crippen LogP contribution in [0.1, 0.15) is 17.3 Å². The molecule has 2 heterocycles. The fraction of sp³-hybridized carbons (Fsp3) is 0.471. The predicted molar refractivity (Wildman–Crippen MR) is 86.9 cm³/mol. The molecule has 2 aromatic rings. The van der Waals surface area contributed by atoms with Crippen LogP contribution < -0.4 is 4.74 Å². The van der Waals surface area contributed by atoms with E-state index in [9.17, 15) is 0 Å². The third kappa shape index (κ3) is 3.15. The highest BCUT2D eigenvalue weighted by molar-refractivity contribution is 5.33. The Morgan fingerprint density at radius 3 is 2.91 bits per heavy atom. The zero-order valence-electron chi connectivity index (χ0n) is 13.6. The summed E-state index contributed by atoms with van der Waals surface area (Å²) in [6.45, 7) is 3.88. The van der Waals surface area contributed by atoms with Crippen molar-refractivity contribution in [2.45, 2.75) is 19.1 Å². The van der Waals surface area contributed by atoms with Crippen LogP contribution in [0.4, 0.5) is 0 Å². The van der Waals surface area contributed by atoms with Gasteiger partial charge in [-0.2, -0.15) is 0 Å². The monoisotopic (exact) mass is 300 g/mol. The van der Waals surface area contributed by atoms with Crippen LogP contribution in [0.5, 0.6) is 5.75 Å². The van der Waals surface area contributed by atoms with Crippen LogP contribution >= 0.6 is 0 Å². The van der Waals surface area contributed by atoms with E-state index in [0.29, 0.717) is 6.04 Å². The van der Waals surface area contributed by atoms with Gasteiger partial charge in [-0.05, 0) is 20.2 Å². The number of para-hydroxylation sites is 1. The molecule has 5 nitrogen and oxygen atoms in total. The standard InChI is InChI=1S/C17H24N4O/c1-19(2)10-16-12-20(11-15-8-18-13-21(15)16)9-14-6-4-5-7-17(14)22-3/h4-8,13,16H,9-12H2,1-3H3/t16-/m0/s1. The molecule has 22 heavy (non-hydrogen) atoms. The van der Waals surface area contributed by atoms with Crippen molar-refractivity contribution in [1.82, 2.24) is 19.4 Å². The van der Waals surface area contributed by atoms with Crippen molar-refractivity contribution in [3.8, 4) is 5.75 Å². The molecule has 118 valence electrons. The molecule has 0 spiro atoms. The maximum absolute atomic E-state index is 5.48. The van der Waals surface area contributed by atoms with E-state index in [0.717, 1.165) is 31.9 Å². The van der Waals surface area contributed by atoms with E-state index in [1.165, 1.54) is 11.3 Å². The Labute approximate surface area is 132 Å². The van der Waals surface area contributed by atoms with Crippen molar-refractivity contribution in [1.29, 1.82) is 0 Å². The average molecular weight is 300 g/mol. The van der Waals surface area contributed by atoms with Crippen molar-refractivity contribution in [3.05, 3.63) is 48.0 Å². The first-order valence-corrected chi connectivity index (χ1v) is 7.67. The smallest absolute Gasteiger partial charge is 0.123 e. The van der Waals surface area contributed by atoms with E-state index in [1.54, 1.807) is 7.11 Å². The number of nitrogens with zero attached hydrogens (tertiary/aromatic N) is 4. The molecule has 0 saturated carbocycles. The number of hydrogen-bond acceptors (Lipinski definition) is 4. The Bertz CT molecular complexity index is 623. The normalized spacial score (nSPS) is 18.5. The molecule has 0 bridgehead atoms. The Hall–Kier alpha value is -1.85. The summed E-state index contributed by atoms with van der Waals surface area (Å²) in [5, 5.41) is 0. The predicted octanol–water partition coefficient (Wildman–Crippen LogP) is 2.01. The van der Waals surface area contributed by atoms with Crippen LogP contribution in [-0.2, 0) is 13.1 Å². The molecule has 0 aliphatic carbocycles. The fourth-order valence-corrected chi connectivity index (χ4v) is 3.23. The van der Waals surface area contributed by atoms with Crippen molar-refractivity contribution in [2.24, 2.45) is 0 Å². The Morgan fingerprint density at radius 2 is 2.14 bits per heavy atom. The second kappa shape index (κ2) is 6.50. The van der Waals surface area contributed by atoms with Crippen LogP contribution in [0.2, 0.25) is 0 Å². The third-order valence-corrected chi connectivity index (χ3v) is 4.16. The largest absolute Gasteiger partial charge is 0.496 e. The number of hydrogen-bond donors (Lipinski definition) is 0. The number of aromatic nitrogens is 2. The van der Waals surface area contributed by atoms with Crippen molar-refractivity contribution >= 4 is 0 Å². The van der Waals surface area contributed by atoms with Gasteiger partial charge in [-0.25, -0.2) is 4.98 Å². The average Bonchev–Trinajstić information content (AvgIpc) is 2.96. The van der Waals surface area contributed by atoms with Gasteiger partial charge in [-0.3, -0.25) is 4.90 Å². The molecule has 0 saturated heterocycles. The summed E-state index contributed by atoms with van der Waals surface area (Å²) in [6, 6.07) is 8.70. The summed E-state index contributed by atoms with van der Waals surface area (Å²) < 4.78 is 7.80. The zero-order chi connectivity index (χ0) is 15.5.